The van der Waals surface area contributed by atoms with Crippen LogP contribution >= 0.6 is 31.9 Å². The number of nitro groups is 1. The lowest BCUT2D eigenvalue weighted by Crippen LogP contribution is -2.38. The molecule has 8 nitrogen and oxygen atoms in total. The van der Waals surface area contributed by atoms with Crippen molar-refractivity contribution in [1.29, 1.82) is 0 Å². The number of pyridine rings is 1. The fourth-order valence-corrected chi connectivity index (χ4v) is 6.21. The second-order valence-corrected chi connectivity index (χ2v) is 10.4. The number of aromatic nitrogens is 1. The zero-order chi connectivity index (χ0) is 21.9. The lowest BCUT2D eigenvalue weighted by atomic mass is 10.1. The Labute approximate surface area is 192 Å². The molecule has 0 radical (unpaired) electrons. The van der Waals surface area contributed by atoms with Gasteiger partial charge in [0.2, 0.25) is 10.0 Å². The van der Waals surface area contributed by atoms with Crippen LogP contribution in [0, 0.1) is 17.0 Å². The minimum Gasteiger partial charge on any atom is -0.369 e. The molecule has 0 unspecified atom stereocenters. The van der Waals surface area contributed by atoms with Gasteiger partial charge >= 0.3 is 0 Å². The third kappa shape index (κ3) is 4.68. The summed E-state index contributed by atoms with van der Waals surface area (Å²) in [5, 5.41) is 12.7. The van der Waals surface area contributed by atoms with Gasteiger partial charge in [-0.15, -0.1) is 0 Å². The second-order valence-electron chi connectivity index (χ2n) is 6.93. The van der Waals surface area contributed by atoms with Gasteiger partial charge in [0, 0.05) is 48.6 Å². The van der Waals surface area contributed by atoms with E-state index in [4.69, 9.17) is 0 Å². The number of rotatable bonds is 8. The molecule has 0 aliphatic carbocycles. The first-order chi connectivity index (χ1) is 14.3. The summed E-state index contributed by atoms with van der Waals surface area (Å²) < 4.78 is 28.7. The molecule has 11 heteroatoms. The monoisotopic (exact) mass is 560 g/mol. The number of aryl methyl sites for hydroxylation is 1. The van der Waals surface area contributed by atoms with E-state index in [1.807, 2.05) is 17.0 Å². The van der Waals surface area contributed by atoms with Gasteiger partial charge in [-0.05, 0) is 30.5 Å². The Morgan fingerprint density at radius 2 is 1.97 bits per heavy atom. The van der Waals surface area contributed by atoms with Gasteiger partial charge < -0.3 is 4.90 Å². The van der Waals surface area contributed by atoms with Crippen LogP contribution in [0.15, 0.2) is 35.4 Å². The maximum Gasteiger partial charge on any atom is 0.271 e. The van der Waals surface area contributed by atoms with Crippen molar-refractivity contribution in [3.63, 3.8) is 0 Å². The largest absolute Gasteiger partial charge is 0.369 e. The Morgan fingerprint density at radius 3 is 2.60 bits per heavy atom. The average molecular weight is 562 g/mol. The quantitative estimate of drug-likeness (QED) is 0.277. The summed E-state index contributed by atoms with van der Waals surface area (Å²) in [4.78, 5) is 17.1. The second kappa shape index (κ2) is 9.71. The maximum atomic E-state index is 13.7. The van der Waals surface area contributed by atoms with Gasteiger partial charge in [-0.25, -0.2) is 8.42 Å². The summed E-state index contributed by atoms with van der Waals surface area (Å²) in [6.45, 7) is 3.30. The smallest absolute Gasteiger partial charge is 0.271 e. The highest BCUT2D eigenvalue weighted by Gasteiger charge is 2.34. The topological polar surface area (TPSA) is 96.6 Å². The number of alkyl halides is 2. The normalized spacial score (nSPS) is 14.4. The molecule has 0 saturated carbocycles. The summed E-state index contributed by atoms with van der Waals surface area (Å²) >= 11 is 6.83. The summed E-state index contributed by atoms with van der Waals surface area (Å²) in [7, 11) is -3.98. The van der Waals surface area contributed by atoms with E-state index in [1.165, 1.54) is 16.4 Å². The van der Waals surface area contributed by atoms with Gasteiger partial charge in [0.15, 0.2) is 0 Å². The van der Waals surface area contributed by atoms with E-state index in [-0.39, 0.29) is 17.1 Å². The summed E-state index contributed by atoms with van der Waals surface area (Å²) in [6, 6.07) is 6.39. The van der Waals surface area contributed by atoms with Gasteiger partial charge in [-0.1, -0.05) is 37.9 Å². The number of sulfonamides is 1. The molecule has 162 valence electrons. The van der Waals surface area contributed by atoms with E-state index >= 15 is 0 Å². The molecule has 0 amide bonds. The highest BCUT2D eigenvalue weighted by Crippen LogP contribution is 2.36. The van der Waals surface area contributed by atoms with Gasteiger partial charge in [0.05, 0.1) is 22.8 Å². The molecule has 0 saturated heterocycles. The van der Waals surface area contributed by atoms with Crippen LogP contribution in [0.3, 0.4) is 0 Å². The molecule has 2 aromatic rings. The molecule has 3 rings (SSSR count). The van der Waals surface area contributed by atoms with Crippen molar-refractivity contribution in [3.8, 4) is 0 Å². The molecule has 1 aromatic carbocycles. The van der Waals surface area contributed by atoms with Crippen LogP contribution in [0.4, 0.5) is 11.4 Å². The summed E-state index contributed by atoms with van der Waals surface area (Å²) in [5.74, 6) is 0. The number of fused-ring (bicyclic) bond motifs is 1. The SMILES string of the molecule is Cc1cc([N+](=O)[O-])cc(S(=O)(=O)N2CCc3cccnc3C2)c1N(CCBr)CCBr. The van der Waals surface area contributed by atoms with Crippen LogP contribution in [0.5, 0.6) is 0 Å². The van der Waals surface area contributed by atoms with Gasteiger partial charge in [-0.2, -0.15) is 4.31 Å². The molecular formula is C19H22Br2N4O4S. The standard InChI is InChI=1S/C19H22Br2N4O4S/c1-14-11-16(25(26)27)12-18(19(14)23(9-5-20)10-6-21)30(28,29)24-8-4-15-3-2-7-22-17(15)13-24/h2-3,7,11-12H,4-6,8-10,13H2,1H3. The predicted molar refractivity (Wildman–Crippen MR) is 123 cm³/mol. The van der Waals surface area contributed by atoms with E-state index in [9.17, 15) is 18.5 Å². The fourth-order valence-electron chi connectivity index (χ4n) is 3.65. The van der Waals surface area contributed by atoms with E-state index in [1.54, 1.807) is 13.1 Å². The van der Waals surface area contributed by atoms with Crippen LogP contribution in [0.25, 0.3) is 0 Å². The number of nitrogens with zero attached hydrogens (tertiary/aromatic N) is 4. The highest BCUT2D eigenvalue weighted by atomic mass is 79.9. The Morgan fingerprint density at radius 1 is 1.27 bits per heavy atom. The van der Waals surface area contributed by atoms with Crippen molar-refractivity contribution in [2.45, 2.75) is 24.8 Å². The first-order valence-electron chi connectivity index (χ1n) is 9.38. The van der Waals surface area contributed by atoms with Crippen molar-refractivity contribution < 1.29 is 13.3 Å². The maximum absolute atomic E-state index is 13.7. The Bertz CT molecular complexity index is 1040. The molecule has 0 fully saturated rings. The summed E-state index contributed by atoms with van der Waals surface area (Å²) in [6.07, 6.45) is 2.20. The zero-order valence-corrected chi connectivity index (χ0v) is 20.4. The van der Waals surface area contributed by atoms with E-state index in [2.05, 4.69) is 36.8 Å². The average Bonchev–Trinajstić information content (AvgIpc) is 2.72. The molecule has 0 spiro atoms. The number of hydrogen-bond donors (Lipinski definition) is 0. The molecular weight excluding hydrogens is 540 g/mol. The number of halogens is 2. The lowest BCUT2D eigenvalue weighted by Gasteiger charge is -2.31. The predicted octanol–water partition coefficient (Wildman–Crippen LogP) is 3.64. The first kappa shape index (κ1) is 23.1. The summed E-state index contributed by atoms with van der Waals surface area (Å²) in [5.41, 5.74) is 2.57. The van der Waals surface area contributed by atoms with Crippen LogP contribution in [-0.2, 0) is 23.0 Å². The van der Waals surface area contributed by atoms with E-state index in [0.29, 0.717) is 53.7 Å². The zero-order valence-electron chi connectivity index (χ0n) is 16.4. The van der Waals surface area contributed by atoms with E-state index < -0.39 is 14.9 Å². The number of hydrogen-bond acceptors (Lipinski definition) is 6. The van der Waals surface area contributed by atoms with Gasteiger partial charge in [-0.3, -0.25) is 15.1 Å². The molecule has 1 aliphatic heterocycles. The Kier molecular flexibility index (Phi) is 7.48. The molecule has 0 atom stereocenters. The number of benzene rings is 1. The minimum atomic E-state index is -3.98. The third-order valence-corrected chi connectivity index (χ3v) is 7.61. The molecule has 30 heavy (non-hydrogen) atoms. The minimum absolute atomic E-state index is 0.0320. The molecule has 0 N–H and O–H groups in total. The lowest BCUT2D eigenvalue weighted by molar-refractivity contribution is -0.385. The fraction of sp³-hybridized carbons (Fsp3) is 0.421. The molecule has 1 aliphatic rings. The molecule has 1 aromatic heterocycles. The van der Waals surface area contributed by atoms with Crippen molar-refractivity contribution in [2.24, 2.45) is 0 Å². The van der Waals surface area contributed by atoms with Crippen LogP contribution < -0.4 is 4.90 Å². The highest BCUT2D eigenvalue weighted by molar-refractivity contribution is 9.09. The van der Waals surface area contributed by atoms with E-state index in [0.717, 1.165) is 5.56 Å². The van der Waals surface area contributed by atoms with Crippen LogP contribution in [0.2, 0.25) is 0 Å². The number of anilines is 1. The van der Waals surface area contributed by atoms with Crippen molar-refractivity contribution >= 4 is 53.3 Å². The number of non-ortho nitro benzene ring substituents is 1. The Balaban J connectivity index is 2.13. The molecule has 0 bridgehead atoms. The van der Waals surface area contributed by atoms with Crippen LogP contribution in [-0.4, -0.2) is 52.9 Å². The van der Waals surface area contributed by atoms with Gasteiger partial charge in [0.25, 0.3) is 5.69 Å². The van der Waals surface area contributed by atoms with Crippen molar-refractivity contribution in [1.82, 2.24) is 9.29 Å². The molecule has 2 heterocycles. The van der Waals surface area contributed by atoms with Crippen molar-refractivity contribution in [2.75, 3.05) is 35.2 Å². The van der Waals surface area contributed by atoms with Gasteiger partial charge in [0.1, 0.15) is 4.90 Å². The van der Waals surface area contributed by atoms with Crippen LogP contribution in [0.1, 0.15) is 16.8 Å². The first-order valence-corrected chi connectivity index (χ1v) is 13.1. The number of nitro benzene ring substituents is 1. The third-order valence-electron chi connectivity index (χ3n) is 5.05. The Hall–Kier alpha value is -1.56. The van der Waals surface area contributed by atoms with Crippen molar-refractivity contribution in [3.05, 3.63) is 57.4 Å².